The summed E-state index contributed by atoms with van der Waals surface area (Å²) in [7, 11) is 1.62. The summed E-state index contributed by atoms with van der Waals surface area (Å²) in [6.07, 6.45) is -18.3. The molecule has 0 bridgehead atoms. The Morgan fingerprint density at radius 3 is 2.12 bits per heavy atom. The van der Waals surface area contributed by atoms with Gasteiger partial charge in [-0.05, 0) is 13.5 Å². The summed E-state index contributed by atoms with van der Waals surface area (Å²) in [5, 5.41) is 88.1. The number of nitrogens with one attached hydrogen (secondary N) is 2. The number of rotatable bonds is 10. The number of hydroxylamine groups is 2. The zero-order chi connectivity index (χ0) is 30.6. The van der Waals surface area contributed by atoms with Crippen LogP contribution in [0, 0.1) is 0 Å². The number of nitrogens with two attached hydrogens (primary N) is 3. The van der Waals surface area contributed by atoms with Crippen LogP contribution in [0.3, 0.4) is 0 Å². The average molecular weight is 601 g/mol. The standard InChI is InChI=1S/C22H44N6O13/c1-26-2-3-28(37)22(36)27-8-4-7(24)18(40-21-16(34)15(33)13(31)9(5-23)38-21)17(35)19(8)41-20-14(32)11(25)12(30)10(6-29)39-20/h7-21,26,29-35,37H,2-6,23-25H2,1H3,(H,27,36)/t7-,8+,9+,10-,11+,12-,13+,14-,15-,16+,17-,18+,19-,20-,21+/m0/s1. The normalized spacial score (nSPS) is 45.3. The van der Waals surface area contributed by atoms with Crippen molar-refractivity contribution in [2.45, 2.75) is 98.2 Å². The highest BCUT2D eigenvalue weighted by atomic mass is 16.7. The van der Waals surface area contributed by atoms with Crippen molar-refractivity contribution in [3.8, 4) is 0 Å². The van der Waals surface area contributed by atoms with E-state index in [0.29, 0.717) is 5.06 Å². The summed E-state index contributed by atoms with van der Waals surface area (Å²) >= 11 is 0. The van der Waals surface area contributed by atoms with Crippen LogP contribution in [0.4, 0.5) is 4.79 Å². The number of hydrogen-bond acceptors (Lipinski definition) is 17. The van der Waals surface area contributed by atoms with Gasteiger partial charge in [-0.2, -0.15) is 0 Å². The second kappa shape index (κ2) is 14.9. The van der Waals surface area contributed by atoms with Crippen LogP contribution in [0.2, 0.25) is 0 Å². The highest BCUT2D eigenvalue weighted by Gasteiger charge is 2.52. The minimum atomic E-state index is -1.76. The molecule has 19 heteroatoms. The Morgan fingerprint density at radius 1 is 0.902 bits per heavy atom. The molecule has 1 aliphatic carbocycles. The van der Waals surface area contributed by atoms with Crippen molar-refractivity contribution in [3.05, 3.63) is 0 Å². The Balaban J connectivity index is 1.84. The van der Waals surface area contributed by atoms with Crippen molar-refractivity contribution in [1.82, 2.24) is 15.7 Å². The fourth-order valence-corrected chi connectivity index (χ4v) is 5.05. The lowest BCUT2D eigenvalue weighted by Gasteiger charge is -2.48. The van der Waals surface area contributed by atoms with E-state index in [0.717, 1.165) is 0 Å². The van der Waals surface area contributed by atoms with Gasteiger partial charge in [0.05, 0.1) is 25.2 Å². The van der Waals surface area contributed by atoms with E-state index in [2.05, 4.69) is 10.6 Å². The van der Waals surface area contributed by atoms with Crippen LogP contribution >= 0.6 is 0 Å². The fourth-order valence-electron chi connectivity index (χ4n) is 5.05. The third-order valence-corrected chi connectivity index (χ3v) is 7.56. The first-order valence-corrected chi connectivity index (χ1v) is 13.3. The number of nitrogens with zero attached hydrogens (tertiary/aromatic N) is 1. The van der Waals surface area contributed by atoms with E-state index in [-0.39, 0.29) is 26.1 Å². The van der Waals surface area contributed by atoms with Gasteiger partial charge in [-0.3, -0.25) is 5.21 Å². The molecule has 1 saturated carbocycles. The lowest BCUT2D eigenvalue weighted by Crippen LogP contribution is -2.69. The van der Waals surface area contributed by atoms with E-state index in [1.165, 1.54) is 0 Å². The zero-order valence-electron chi connectivity index (χ0n) is 22.5. The molecule has 2 aliphatic heterocycles. The third-order valence-electron chi connectivity index (χ3n) is 7.56. The molecule has 3 fully saturated rings. The molecule has 2 heterocycles. The number of aliphatic hydroxyl groups is 7. The van der Waals surface area contributed by atoms with E-state index >= 15 is 0 Å². The molecule has 0 unspecified atom stereocenters. The number of carbonyl (C=O) groups excluding carboxylic acids is 1. The van der Waals surface area contributed by atoms with Crippen LogP contribution in [0.25, 0.3) is 0 Å². The molecule has 0 aromatic heterocycles. The van der Waals surface area contributed by atoms with E-state index in [9.17, 15) is 45.7 Å². The first-order valence-electron chi connectivity index (χ1n) is 13.3. The Labute approximate surface area is 235 Å². The van der Waals surface area contributed by atoms with Crippen molar-refractivity contribution < 1.29 is 64.7 Å². The molecule has 15 atom stereocenters. The zero-order valence-corrected chi connectivity index (χ0v) is 22.5. The lowest BCUT2D eigenvalue weighted by atomic mass is 9.83. The largest absolute Gasteiger partial charge is 0.394 e. The molecule has 2 saturated heterocycles. The van der Waals surface area contributed by atoms with Gasteiger partial charge in [0.15, 0.2) is 12.6 Å². The first kappa shape index (κ1) is 34.1. The van der Waals surface area contributed by atoms with Crippen molar-refractivity contribution in [3.63, 3.8) is 0 Å². The minimum Gasteiger partial charge on any atom is -0.394 e. The summed E-state index contributed by atoms with van der Waals surface area (Å²) in [4.78, 5) is 12.6. The van der Waals surface area contributed by atoms with Gasteiger partial charge in [0, 0.05) is 19.1 Å². The number of hydrogen-bond donors (Lipinski definition) is 13. The van der Waals surface area contributed by atoms with E-state index < -0.39 is 104 Å². The van der Waals surface area contributed by atoms with Crippen molar-refractivity contribution in [2.75, 3.05) is 33.3 Å². The number of likely N-dealkylation sites (N-methyl/N-ethyl adjacent to an activating group) is 1. The van der Waals surface area contributed by atoms with E-state index in [1.54, 1.807) is 7.05 Å². The summed E-state index contributed by atoms with van der Waals surface area (Å²) < 4.78 is 22.6. The Kier molecular flexibility index (Phi) is 12.4. The van der Waals surface area contributed by atoms with Crippen molar-refractivity contribution in [2.24, 2.45) is 17.2 Å². The van der Waals surface area contributed by atoms with Crippen LogP contribution in [0.5, 0.6) is 0 Å². The summed E-state index contributed by atoms with van der Waals surface area (Å²) in [6.45, 7) is -0.747. The van der Waals surface area contributed by atoms with Gasteiger partial charge in [0.2, 0.25) is 0 Å². The molecule has 41 heavy (non-hydrogen) atoms. The molecule has 0 aromatic rings. The molecule has 19 nitrogen and oxygen atoms in total. The molecule has 16 N–H and O–H groups in total. The number of ether oxygens (including phenoxy) is 4. The topological polar surface area (TPSA) is 321 Å². The predicted molar refractivity (Wildman–Crippen MR) is 135 cm³/mol. The minimum absolute atomic E-state index is 0.0936. The fraction of sp³-hybridized carbons (Fsp3) is 0.955. The summed E-state index contributed by atoms with van der Waals surface area (Å²) in [6, 6.07) is -4.45. The van der Waals surface area contributed by atoms with Gasteiger partial charge in [-0.15, -0.1) is 0 Å². The average Bonchev–Trinajstić information content (AvgIpc) is 2.95. The molecule has 3 rings (SSSR count). The van der Waals surface area contributed by atoms with Gasteiger partial charge in [0.25, 0.3) is 0 Å². The monoisotopic (exact) mass is 600 g/mol. The maximum absolute atomic E-state index is 12.6. The first-order chi connectivity index (χ1) is 19.4. The molecular formula is C22H44N6O13. The second-order valence-corrected chi connectivity index (χ2v) is 10.4. The van der Waals surface area contributed by atoms with Crippen LogP contribution in [0.1, 0.15) is 6.42 Å². The molecule has 2 amide bonds. The predicted octanol–water partition coefficient (Wildman–Crippen LogP) is -7.63. The van der Waals surface area contributed by atoms with Crippen LogP contribution < -0.4 is 27.8 Å². The molecule has 3 aliphatic rings. The van der Waals surface area contributed by atoms with Gasteiger partial charge in [-0.25, -0.2) is 9.86 Å². The van der Waals surface area contributed by atoms with E-state index in [4.69, 9.17) is 36.1 Å². The van der Waals surface area contributed by atoms with Crippen LogP contribution in [-0.4, -0.2) is 177 Å². The highest BCUT2D eigenvalue weighted by molar-refractivity contribution is 5.73. The van der Waals surface area contributed by atoms with Gasteiger partial charge in [0.1, 0.15) is 61.0 Å². The van der Waals surface area contributed by atoms with Crippen LogP contribution in [0.15, 0.2) is 0 Å². The SMILES string of the molecule is CNCCN(O)C(=O)N[C@@H]1C[C@H](N)[C@@H](O[C@H]2O[C@H](CN)[C@@H](O)[C@H](O)[C@H]2O)[C@H](O)[C@H]1O[C@@H]1O[C@@H](CO)[C@H](O)[C@@H](N)[C@@H]1O. The van der Waals surface area contributed by atoms with Gasteiger partial charge in [-0.1, -0.05) is 0 Å². The van der Waals surface area contributed by atoms with Gasteiger partial charge < -0.3 is 82.5 Å². The Morgan fingerprint density at radius 2 is 1.51 bits per heavy atom. The molecule has 240 valence electrons. The lowest BCUT2D eigenvalue weighted by molar-refractivity contribution is -0.332. The second-order valence-electron chi connectivity index (χ2n) is 10.4. The summed E-state index contributed by atoms with van der Waals surface area (Å²) in [5.74, 6) is 0. The maximum Gasteiger partial charge on any atom is 0.341 e. The molecule has 0 spiro atoms. The summed E-state index contributed by atoms with van der Waals surface area (Å²) in [5.41, 5.74) is 17.7. The number of carbonyl (C=O) groups is 1. The van der Waals surface area contributed by atoms with Gasteiger partial charge >= 0.3 is 6.03 Å². The smallest absolute Gasteiger partial charge is 0.341 e. The Bertz CT molecular complexity index is 833. The maximum atomic E-state index is 12.6. The molecule has 0 radical (unpaired) electrons. The van der Waals surface area contributed by atoms with Crippen molar-refractivity contribution in [1.29, 1.82) is 0 Å². The third kappa shape index (κ3) is 7.59. The number of urea groups is 1. The van der Waals surface area contributed by atoms with Crippen LogP contribution in [-0.2, 0) is 18.9 Å². The number of aliphatic hydroxyl groups excluding tert-OH is 7. The Hall–Kier alpha value is -1.37. The quantitative estimate of drug-likeness (QED) is 0.0817. The molecular weight excluding hydrogens is 556 g/mol. The highest BCUT2D eigenvalue weighted by Crippen LogP contribution is 2.32. The number of amides is 2. The molecule has 0 aromatic carbocycles. The van der Waals surface area contributed by atoms with Crippen molar-refractivity contribution >= 4 is 6.03 Å². The van der Waals surface area contributed by atoms with E-state index in [1.807, 2.05) is 0 Å².